The van der Waals surface area contributed by atoms with Crippen LogP contribution in [0.2, 0.25) is 0 Å². The highest BCUT2D eigenvalue weighted by molar-refractivity contribution is 7.99. The van der Waals surface area contributed by atoms with Crippen molar-refractivity contribution in [1.82, 2.24) is 10.1 Å². The second kappa shape index (κ2) is 7.94. The van der Waals surface area contributed by atoms with E-state index in [0.717, 1.165) is 42.5 Å². The predicted octanol–water partition coefficient (Wildman–Crippen LogP) is 3.76. The number of hydrogen-bond acceptors (Lipinski definition) is 5. The molecule has 1 heterocycles. The molecule has 0 aliphatic heterocycles. The number of hydrogen-bond donors (Lipinski definition) is 1. The zero-order valence-electron chi connectivity index (χ0n) is 12.0. The summed E-state index contributed by atoms with van der Waals surface area (Å²) in [6.45, 7) is 5.24. The van der Waals surface area contributed by atoms with Crippen LogP contribution in [0.4, 0.5) is 5.69 Å². The molecule has 0 spiro atoms. The van der Waals surface area contributed by atoms with Crippen LogP contribution >= 0.6 is 11.8 Å². The fourth-order valence-corrected chi connectivity index (χ4v) is 2.32. The van der Waals surface area contributed by atoms with Crippen molar-refractivity contribution in [2.24, 2.45) is 0 Å². The molecule has 0 saturated heterocycles. The third-order valence-electron chi connectivity index (χ3n) is 2.73. The second-order valence-electron chi connectivity index (χ2n) is 4.86. The van der Waals surface area contributed by atoms with E-state index in [-0.39, 0.29) is 0 Å². The molecule has 5 heteroatoms. The van der Waals surface area contributed by atoms with Gasteiger partial charge in [0.15, 0.2) is 5.82 Å². The normalized spacial score (nSPS) is 10.9. The van der Waals surface area contributed by atoms with Gasteiger partial charge in [0.2, 0.25) is 5.89 Å². The molecular weight excluding hydrogens is 270 g/mol. The average Bonchev–Trinajstić information content (AvgIpc) is 2.90. The number of para-hydroxylation sites is 1. The Morgan fingerprint density at radius 3 is 2.80 bits per heavy atom. The van der Waals surface area contributed by atoms with Crippen LogP contribution in [0.3, 0.4) is 0 Å². The molecule has 0 unspecified atom stereocenters. The first kappa shape index (κ1) is 14.9. The Balaban J connectivity index is 1.67. The Kier molecular flexibility index (Phi) is 5.92. The number of nitrogens with one attached hydrogen (secondary N) is 1. The quantitative estimate of drug-likeness (QED) is 0.751. The molecule has 4 nitrogen and oxygen atoms in total. The molecule has 0 fully saturated rings. The molecule has 0 amide bonds. The minimum absolute atomic E-state index is 0.590. The zero-order valence-corrected chi connectivity index (χ0v) is 12.8. The lowest BCUT2D eigenvalue weighted by Gasteiger charge is -2.03. The largest absolute Gasteiger partial charge is 0.385 e. The van der Waals surface area contributed by atoms with E-state index in [1.165, 1.54) is 0 Å². The fraction of sp³-hybridized carbons (Fsp3) is 0.467. The number of rotatable bonds is 8. The van der Waals surface area contributed by atoms with Crippen LogP contribution < -0.4 is 5.32 Å². The topological polar surface area (TPSA) is 51.0 Å². The van der Waals surface area contributed by atoms with Gasteiger partial charge in [-0.05, 0) is 23.8 Å². The standard InChI is InChI=1S/C15H21N3OS/c1-12(2)20-11-14-17-15(19-18-14)9-6-10-16-13-7-4-3-5-8-13/h3-5,7-8,12,16H,6,9-11H2,1-2H3. The van der Waals surface area contributed by atoms with Crippen LogP contribution in [-0.4, -0.2) is 21.9 Å². The summed E-state index contributed by atoms with van der Waals surface area (Å²) in [5.74, 6) is 2.36. The highest BCUT2D eigenvalue weighted by Crippen LogP contribution is 2.15. The summed E-state index contributed by atoms with van der Waals surface area (Å²) in [4.78, 5) is 4.40. The first-order valence-corrected chi connectivity index (χ1v) is 8.01. The molecule has 20 heavy (non-hydrogen) atoms. The molecule has 0 saturated carbocycles. The Labute approximate surface area is 124 Å². The SMILES string of the molecule is CC(C)SCc1noc(CCCNc2ccccc2)n1. The van der Waals surface area contributed by atoms with Gasteiger partial charge in [0.05, 0.1) is 5.75 Å². The number of anilines is 1. The molecule has 0 aliphatic carbocycles. The van der Waals surface area contributed by atoms with E-state index in [0.29, 0.717) is 5.25 Å². The van der Waals surface area contributed by atoms with Gasteiger partial charge in [-0.3, -0.25) is 0 Å². The van der Waals surface area contributed by atoms with Crippen molar-refractivity contribution < 1.29 is 4.52 Å². The van der Waals surface area contributed by atoms with E-state index in [4.69, 9.17) is 4.52 Å². The van der Waals surface area contributed by atoms with E-state index < -0.39 is 0 Å². The zero-order chi connectivity index (χ0) is 14.2. The molecular formula is C15H21N3OS. The molecule has 0 aliphatic rings. The maximum atomic E-state index is 5.25. The summed E-state index contributed by atoms with van der Waals surface area (Å²) >= 11 is 1.83. The highest BCUT2D eigenvalue weighted by atomic mass is 32.2. The van der Waals surface area contributed by atoms with E-state index in [1.807, 2.05) is 30.0 Å². The summed E-state index contributed by atoms with van der Waals surface area (Å²) in [6.07, 6.45) is 1.80. The molecule has 2 rings (SSSR count). The number of thioether (sulfide) groups is 1. The van der Waals surface area contributed by atoms with Crippen LogP contribution in [0.1, 0.15) is 32.0 Å². The molecule has 0 atom stereocenters. The maximum Gasteiger partial charge on any atom is 0.226 e. The average molecular weight is 291 g/mol. The summed E-state index contributed by atoms with van der Waals surface area (Å²) < 4.78 is 5.25. The van der Waals surface area contributed by atoms with Gasteiger partial charge in [0.1, 0.15) is 0 Å². The summed E-state index contributed by atoms with van der Waals surface area (Å²) in [5.41, 5.74) is 1.15. The van der Waals surface area contributed by atoms with Crippen molar-refractivity contribution >= 4 is 17.4 Å². The van der Waals surface area contributed by atoms with E-state index in [9.17, 15) is 0 Å². The van der Waals surface area contributed by atoms with Crippen LogP contribution in [0.25, 0.3) is 0 Å². The van der Waals surface area contributed by atoms with Crippen LogP contribution in [0.5, 0.6) is 0 Å². The van der Waals surface area contributed by atoms with Gasteiger partial charge in [0, 0.05) is 18.7 Å². The first-order chi connectivity index (χ1) is 9.74. The maximum absolute atomic E-state index is 5.25. The summed E-state index contributed by atoms with van der Waals surface area (Å²) in [7, 11) is 0. The first-order valence-electron chi connectivity index (χ1n) is 6.96. The van der Waals surface area contributed by atoms with Crippen LogP contribution in [0, 0.1) is 0 Å². The van der Waals surface area contributed by atoms with Gasteiger partial charge in [-0.25, -0.2) is 0 Å². The van der Waals surface area contributed by atoms with Gasteiger partial charge in [0.25, 0.3) is 0 Å². The molecule has 0 bridgehead atoms. The third kappa shape index (κ3) is 5.25. The lowest BCUT2D eigenvalue weighted by atomic mass is 10.3. The Morgan fingerprint density at radius 1 is 1.25 bits per heavy atom. The molecule has 1 aromatic carbocycles. The Bertz CT molecular complexity index is 499. The van der Waals surface area contributed by atoms with Gasteiger partial charge in [-0.2, -0.15) is 16.7 Å². The van der Waals surface area contributed by atoms with Crippen molar-refractivity contribution in [3.8, 4) is 0 Å². The van der Waals surface area contributed by atoms with Gasteiger partial charge < -0.3 is 9.84 Å². The highest BCUT2D eigenvalue weighted by Gasteiger charge is 2.06. The predicted molar refractivity (Wildman–Crippen MR) is 84.0 cm³/mol. The van der Waals surface area contributed by atoms with Gasteiger partial charge >= 0.3 is 0 Å². The number of benzene rings is 1. The van der Waals surface area contributed by atoms with E-state index in [2.05, 4.69) is 41.4 Å². The minimum atomic E-state index is 0.590. The lowest BCUT2D eigenvalue weighted by Crippen LogP contribution is -2.02. The lowest BCUT2D eigenvalue weighted by molar-refractivity contribution is 0.373. The van der Waals surface area contributed by atoms with Crippen molar-refractivity contribution in [2.45, 2.75) is 37.7 Å². The van der Waals surface area contributed by atoms with E-state index in [1.54, 1.807) is 0 Å². The molecule has 2 aromatic rings. The van der Waals surface area contributed by atoms with Crippen molar-refractivity contribution in [1.29, 1.82) is 0 Å². The van der Waals surface area contributed by atoms with Gasteiger partial charge in [-0.1, -0.05) is 37.2 Å². The van der Waals surface area contributed by atoms with Crippen molar-refractivity contribution in [3.63, 3.8) is 0 Å². The number of nitrogens with zero attached hydrogens (tertiary/aromatic N) is 2. The van der Waals surface area contributed by atoms with Crippen LogP contribution in [0.15, 0.2) is 34.9 Å². The van der Waals surface area contributed by atoms with Crippen molar-refractivity contribution in [2.75, 3.05) is 11.9 Å². The van der Waals surface area contributed by atoms with E-state index >= 15 is 0 Å². The minimum Gasteiger partial charge on any atom is -0.385 e. The number of aromatic nitrogens is 2. The fourth-order valence-electron chi connectivity index (χ4n) is 1.72. The molecule has 108 valence electrons. The smallest absolute Gasteiger partial charge is 0.226 e. The molecule has 1 N–H and O–H groups in total. The second-order valence-corrected chi connectivity index (χ2v) is 6.43. The molecule has 1 aromatic heterocycles. The Morgan fingerprint density at radius 2 is 2.05 bits per heavy atom. The monoisotopic (exact) mass is 291 g/mol. The summed E-state index contributed by atoms with van der Waals surface area (Å²) in [6, 6.07) is 10.2. The number of aryl methyl sites for hydroxylation is 1. The Hall–Kier alpha value is -1.49. The third-order valence-corrected chi connectivity index (χ3v) is 3.82. The molecule has 0 radical (unpaired) electrons. The van der Waals surface area contributed by atoms with Gasteiger partial charge in [-0.15, -0.1) is 0 Å². The van der Waals surface area contributed by atoms with Crippen molar-refractivity contribution in [3.05, 3.63) is 42.0 Å². The van der Waals surface area contributed by atoms with Crippen LogP contribution in [-0.2, 0) is 12.2 Å². The summed E-state index contributed by atoms with van der Waals surface area (Å²) in [5, 5.41) is 7.96.